The Balaban J connectivity index is 1.98. The van der Waals surface area contributed by atoms with E-state index in [1.807, 2.05) is 0 Å². The van der Waals surface area contributed by atoms with E-state index in [-0.39, 0.29) is 16.8 Å². The second-order valence-electron chi connectivity index (χ2n) is 7.31. The first-order valence-corrected chi connectivity index (χ1v) is 12.4. The minimum absolute atomic E-state index is 0.150. The van der Waals surface area contributed by atoms with Crippen molar-refractivity contribution in [2.45, 2.75) is 57.4 Å². The number of unbranched alkanes of at least 4 members (excludes halogenated alkanes) is 3. The van der Waals surface area contributed by atoms with Crippen LogP contribution >= 0.6 is 15.9 Å². The second kappa shape index (κ2) is 11.5. The van der Waals surface area contributed by atoms with Crippen LogP contribution in [0.2, 0.25) is 0 Å². The number of carbonyl (C=O) groups is 1. The predicted molar refractivity (Wildman–Crippen MR) is 124 cm³/mol. The minimum atomic E-state index is -3.56. The van der Waals surface area contributed by atoms with E-state index in [0.717, 1.165) is 12.8 Å². The zero-order chi connectivity index (χ0) is 22.1. The van der Waals surface area contributed by atoms with Crippen molar-refractivity contribution in [2.24, 2.45) is 0 Å². The number of rotatable bonds is 11. The molecule has 0 aliphatic carbocycles. The molecule has 6 nitrogen and oxygen atoms in total. The standard InChI is InChI=1S/C22H29BrN2O4S/c1-4-5-6-7-14-29-21-13-8-17(15-20(21)23)22(26)24-18-9-11-19(12-10-18)30(27,28)25-16(2)3/h8-13,15-16,25H,4-7,14H2,1-3H3,(H,24,26). The lowest BCUT2D eigenvalue weighted by atomic mass is 10.2. The first-order chi connectivity index (χ1) is 14.2. The first-order valence-electron chi connectivity index (χ1n) is 10.1. The summed E-state index contributed by atoms with van der Waals surface area (Å²) in [5, 5.41) is 2.77. The third-order valence-electron chi connectivity index (χ3n) is 4.26. The Morgan fingerprint density at radius 2 is 1.77 bits per heavy atom. The number of sulfonamides is 1. The SMILES string of the molecule is CCCCCCOc1ccc(C(=O)Nc2ccc(S(=O)(=O)NC(C)C)cc2)cc1Br. The number of carbonyl (C=O) groups excluding carboxylic acids is 1. The van der Waals surface area contributed by atoms with Crippen molar-refractivity contribution in [1.82, 2.24) is 4.72 Å². The zero-order valence-corrected chi connectivity index (χ0v) is 20.0. The molecule has 0 aliphatic rings. The molecule has 0 saturated heterocycles. The molecule has 2 N–H and O–H groups in total. The van der Waals surface area contributed by atoms with Crippen molar-refractivity contribution in [3.63, 3.8) is 0 Å². The maximum Gasteiger partial charge on any atom is 0.255 e. The van der Waals surface area contributed by atoms with Crippen molar-refractivity contribution in [3.05, 3.63) is 52.5 Å². The molecule has 2 aromatic rings. The van der Waals surface area contributed by atoms with Crippen molar-refractivity contribution >= 4 is 37.5 Å². The summed E-state index contributed by atoms with van der Waals surface area (Å²) in [6.45, 7) is 6.33. The van der Waals surface area contributed by atoms with E-state index in [0.29, 0.717) is 28.1 Å². The highest BCUT2D eigenvalue weighted by atomic mass is 79.9. The molecule has 0 aromatic heterocycles. The van der Waals surface area contributed by atoms with Gasteiger partial charge in [-0.3, -0.25) is 4.79 Å². The molecule has 0 atom stereocenters. The molecular formula is C22H29BrN2O4S. The molecule has 8 heteroatoms. The van der Waals surface area contributed by atoms with Crippen LogP contribution in [-0.2, 0) is 10.0 Å². The van der Waals surface area contributed by atoms with Gasteiger partial charge in [0, 0.05) is 17.3 Å². The van der Waals surface area contributed by atoms with E-state index in [4.69, 9.17) is 4.74 Å². The maximum atomic E-state index is 12.5. The van der Waals surface area contributed by atoms with Crippen molar-refractivity contribution in [2.75, 3.05) is 11.9 Å². The highest BCUT2D eigenvalue weighted by molar-refractivity contribution is 9.10. The Kier molecular flexibility index (Phi) is 9.33. The summed E-state index contributed by atoms with van der Waals surface area (Å²) in [5.74, 6) is 0.413. The van der Waals surface area contributed by atoms with E-state index in [9.17, 15) is 13.2 Å². The molecule has 0 bridgehead atoms. The summed E-state index contributed by atoms with van der Waals surface area (Å²) in [7, 11) is -3.56. The Bertz CT molecular complexity index is 944. The van der Waals surface area contributed by atoms with Crippen LogP contribution in [0.4, 0.5) is 5.69 Å². The van der Waals surface area contributed by atoms with Gasteiger partial charge in [-0.2, -0.15) is 0 Å². The molecule has 0 heterocycles. The van der Waals surface area contributed by atoms with E-state index < -0.39 is 10.0 Å². The van der Waals surface area contributed by atoms with Crippen LogP contribution < -0.4 is 14.8 Å². The summed E-state index contributed by atoms with van der Waals surface area (Å²) in [4.78, 5) is 12.7. The lowest BCUT2D eigenvalue weighted by molar-refractivity contribution is 0.102. The monoisotopic (exact) mass is 496 g/mol. The molecule has 1 amide bonds. The zero-order valence-electron chi connectivity index (χ0n) is 17.6. The summed E-state index contributed by atoms with van der Waals surface area (Å²) in [6.07, 6.45) is 4.52. The fourth-order valence-corrected chi connectivity index (χ4v) is 4.51. The van der Waals surface area contributed by atoms with Crippen LogP contribution in [0.3, 0.4) is 0 Å². The van der Waals surface area contributed by atoms with Crippen LogP contribution in [0.15, 0.2) is 51.8 Å². The molecular weight excluding hydrogens is 468 g/mol. The number of ether oxygens (including phenoxy) is 1. The fraction of sp³-hybridized carbons (Fsp3) is 0.409. The number of anilines is 1. The van der Waals surface area contributed by atoms with E-state index in [1.54, 1.807) is 44.2 Å². The van der Waals surface area contributed by atoms with Crippen LogP contribution in [0.1, 0.15) is 56.8 Å². The van der Waals surface area contributed by atoms with Gasteiger partial charge in [0.05, 0.1) is 16.0 Å². The van der Waals surface area contributed by atoms with Crippen LogP contribution in [0.5, 0.6) is 5.75 Å². The van der Waals surface area contributed by atoms with Gasteiger partial charge in [-0.05, 0) is 78.7 Å². The van der Waals surface area contributed by atoms with Crippen molar-refractivity contribution in [1.29, 1.82) is 0 Å². The largest absolute Gasteiger partial charge is 0.492 e. The normalized spacial score (nSPS) is 11.5. The van der Waals surface area contributed by atoms with Gasteiger partial charge in [-0.1, -0.05) is 26.2 Å². The lowest BCUT2D eigenvalue weighted by Crippen LogP contribution is -2.30. The molecule has 164 valence electrons. The third-order valence-corrected chi connectivity index (χ3v) is 6.56. The third kappa shape index (κ3) is 7.41. The summed E-state index contributed by atoms with van der Waals surface area (Å²) in [6, 6.07) is 11.0. The van der Waals surface area contributed by atoms with Gasteiger partial charge in [0.2, 0.25) is 10.0 Å². The molecule has 0 spiro atoms. The Labute approximate surface area is 187 Å². The number of benzene rings is 2. The molecule has 2 aromatic carbocycles. The number of nitrogens with one attached hydrogen (secondary N) is 2. The van der Waals surface area contributed by atoms with E-state index >= 15 is 0 Å². The topological polar surface area (TPSA) is 84.5 Å². The lowest BCUT2D eigenvalue weighted by Gasteiger charge is -2.11. The quantitative estimate of drug-likeness (QED) is 0.410. The molecule has 30 heavy (non-hydrogen) atoms. The molecule has 0 aliphatic heterocycles. The number of amides is 1. The Morgan fingerprint density at radius 1 is 1.07 bits per heavy atom. The van der Waals surface area contributed by atoms with Gasteiger partial charge in [0.15, 0.2) is 0 Å². The summed E-state index contributed by atoms with van der Waals surface area (Å²) >= 11 is 3.46. The number of halogens is 1. The fourth-order valence-electron chi connectivity index (χ4n) is 2.77. The van der Waals surface area contributed by atoms with Gasteiger partial charge in [0.25, 0.3) is 5.91 Å². The summed E-state index contributed by atoms with van der Waals surface area (Å²) < 4.78 is 33.4. The molecule has 0 unspecified atom stereocenters. The van der Waals surface area contributed by atoms with E-state index in [1.165, 1.54) is 25.0 Å². The minimum Gasteiger partial charge on any atom is -0.492 e. The molecule has 0 radical (unpaired) electrons. The van der Waals surface area contributed by atoms with Crippen LogP contribution in [0, 0.1) is 0 Å². The molecule has 0 saturated carbocycles. The highest BCUT2D eigenvalue weighted by Gasteiger charge is 2.15. The summed E-state index contributed by atoms with van der Waals surface area (Å²) in [5.41, 5.74) is 0.981. The average Bonchev–Trinajstić information content (AvgIpc) is 2.68. The van der Waals surface area contributed by atoms with E-state index in [2.05, 4.69) is 32.9 Å². The van der Waals surface area contributed by atoms with Gasteiger partial charge in [-0.25, -0.2) is 13.1 Å². The van der Waals surface area contributed by atoms with Crippen LogP contribution in [-0.4, -0.2) is 27.0 Å². The van der Waals surface area contributed by atoms with Crippen molar-refractivity contribution < 1.29 is 17.9 Å². The van der Waals surface area contributed by atoms with Gasteiger partial charge < -0.3 is 10.1 Å². The van der Waals surface area contributed by atoms with Crippen LogP contribution in [0.25, 0.3) is 0 Å². The Hall–Kier alpha value is -1.90. The smallest absolute Gasteiger partial charge is 0.255 e. The van der Waals surface area contributed by atoms with Gasteiger partial charge >= 0.3 is 0 Å². The molecule has 2 rings (SSSR count). The second-order valence-corrected chi connectivity index (χ2v) is 9.88. The number of hydrogen-bond donors (Lipinski definition) is 2. The van der Waals surface area contributed by atoms with Crippen molar-refractivity contribution in [3.8, 4) is 5.75 Å². The maximum absolute atomic E-state index is 12.5. The number of hydrogen-bond acceptors (Lipinski definition) is 4. The highest BCUT2D eigenvalue weighted by Crippen LogP contribution is 2.27. The molecule has 0 fully saturated rings. The van der Waals surface area contributed by atoms with Gasteiger partial charge in [0.1, 0.15) is 5.75 Å². The first kappa shape index (κ1) is 24.4. The Morgan fingerprint density at radius 3 is 2.37 bits per heavy atom. The predicted octanol–water partition coefficient (Wildman–Crippen LogP) is 5.35. The average molecular weight is 497 g/mol. The van der Waals surface area contributed by atoms with Gasteiger partial charge in [-0.15, -0.1) is 0 Å².